The molecule has 6 nitrogen and oxygen atoms in total. The lowest BCUT2D eigenvalue weighted by molar-refractivity contribution is 0.0914. The van der Waals surface area contributed by atoms with Crippen molar-refractivity contribution in [2.45, 2.75) is 52.2 Å². The molecule has 2 atom stereocenters. The van der Waals surface area contributed by atoms with Gasteiger partial charge in [-0.05, 0) is 38.3 Å². The van der Waals surface area contributed by atoms with Crippen molar-refractivity contribution in [1.82, 2.24) is 20.4 Å². The molecule has 1 amide bonds. The minimum absolute atomic E-state index is 0.0762. The Labute approximate surface area is 147 Å². The molecular weight excluding hydrogens is 316 g/mol. The summed E-state index contributed by atoms with van der Waals surface area (Å²) in [5, 5.41) is 12.0. The molecular formula is C19H26N4O2. The van der Waals surface area contributed by atoms with Crippen molar-refractivity contribution >= 4 is 16.7 Å². The lowest BCUT2D eigenvalue weighted by atomic mass is 9.99. The van der Waals surface area contributed by atoms with Crippen LogP contribution in [0.4, 0.5) is 0 Å². The first kappa shape index (κ1) is 17.6. The van der Waals surface area contributed by atoms with Gasteiger partial charge in [0, 0.05) is 24.0 Å². The van der Waals surface area contributed by atoms with E-state index in [2.05, 4.69) is 22.7 Å². The number of nitrogens with one attached hydrogen (secondary N) is 2. The van der Waals surface area contributed by atoms with Gasteiger partial charge in [-0.15, -0.1) is 0 Å². The van der Waals surface area contributed by atoms with Crippen LogP contribution in [0.5, 0.6) is 0 Å². The molecule has 2 unspecified atom stereocenters. The van der Waals surface area contributed by atoms with Crippen molar-refractivity contribution in [3.05, 3.63) is 40.3 Å². The second-order valence-electron chi connectivity index (χ2n) is 7.24. The second-order valence-corrected chi connectivity index (χ2v) is 7.24. The Balaban J connectivity index is 2.00. The van der Waals surface area contributed by atoms with Gasteiger partial charge >= 0.3 is 0 Å². The summed E-state index contributed by atoms with van der Waals surface area (Å²) in [7, 11) is 0. The van der Waals surface area contributed by atoms with E-state index in [9.17, 15) is 9.59 Å². The Kier molecular flexibility index (Phi) is 5.18. The van der Waals surface area contributed by atoms with Gasteiger partial charge in [0.25, 0.3) is 11.5 Å². The van der Waals surface area contributed by atoms with Crippen LogP contribution >= 0.6 is 0 Å². The first-order valence-corrected chi connectivity index (χ1v) is 9.01. The number of hydrogen-bond acceptors (Lipinski definition) is 4. The van der Waals surface area contributed by atoms with E-state index in [1.54, 1.807) is 12.1 Å². The zero-order valence-electron chi connectivity index (χ0n) is 15.1. The van der Waals surface area contributed by atoms with E-state index in [-0.39, 0.29) is 29.5 Å². The summed E-state index contributed by atoms with van der Waals surface area (Å²) in [6.07, 6.45) is 1.99. The molecule has 2 heterocycles. The maximum Gasteiger partial charge on any atom is 0.274 e. The summed E-state index contributed by atoms with van der Waals surface area (Å²) in [6.45, 7) is 7.60. The molecule has 3 rings (SSSR count). The highest BCUT2D eigenvalue weighted by atomic mass is 16.2. The lowest BCUT2D eigenvalue weighted by Gasteiger charge is -2.30. The van der Waals surface area contributed by atoms with Crippen molar-refractivity contribution in [3.8, 4) is 0 Å². The number of amides is 1. The number of hydrogen-bond donors (Lipinski definition) is 2. The molecule has 134 valence electrons. The number of benzene rings is 1. The van der Waals surface area contributed by atoms with Crippen molar-refractivity contribution in [1.29, 1.82) is 0 Å². The van der Waals surface area contributed by atoms with Gasteiger partial charge in [-0.25, -0.2) is 4.68 Å². The average molecular weight is 342 g/mol. The third-order valence-electron chi connectivity index (χ3n) is 4.70. The highest BCUT2D eigenvalue weighted by Crippen LogP contribution is 2.15. The van der Waals surface area contributed by atoms with Crippen LogP contribution < -0.4 is 16.2 Å². The summed E-state index contributed by atoms with van der Waals surface area (Å²) in [5.41, 5.74) is 0.183. The Hall–Kier alpha value is -2.21. The molecule has 1 aliphatic rings. The highest BCUT2D eigenvalue weighted by Gasteiger charge is 2.25. The number of rotatable bonds is 4. The predicted molar refractivity (Wildman–Crippen MR) is 98.8 cm³/mol. The van der Waals surface area contributed by atoms with Crippen molar-refractivity contribution in [3.63, 3.8) is 0 Å². The number of nitrogens with zero attached hydrogens (tertiary/aromatic N) is 2. The third-order valence-corrected chi connectivity index (χ3v) is 4.70. The molecule has 0 aliphatic carbocycles. The molecule has 0 spiro atoms. The number of aromatic nitrogens is 2. The Morgan fingerprint density at radius 3 is 2.76 bits per heavy atom. The van der Waals surface area contributed by atoms with E-state index in [0.717, 1.165) is 19.4 Å². The topological polar surface area (TPSA) is 76.0 Å². The van der Waals surface area contributed by atoms with E-state index in [4.69, 9.17) is 0 Å². The number of carbonyl (C=O) groups is 1. The second kappa shape index (κ2) is 7.35. The standard InChI is InChI=1S/C19H26N4O2/c1-12(2)11-23-19(25)15-8-5-4-7-14(15)17(22-23)18(24)21-16-9-6-10-20-13(16)3/h4-5,7-8,12-13,16,20H,6,9-11H2,1-3H3,(H,21,24). The summed E-state index contributed by atoms with van der Waals surface area (Å²) >= 11 is 0. The fourth-order valence-electron chi connectivity index (χ4n) is 3.35. The van der Waals surface area contributed by atoms with Crippen LogP contribution in [0.25, 0.3) is 10.8 Å². The first-order chi connectivity index (χ1) is 12.0. The van der Waals surface area contributed by atoms with Gasteiger partial charge < -0.3 is 10.6 Å². The van der Waals surface area contributed by atoms with Crippen LogP contribution in [0.3, 0.4) is 0 Å². The maximum atomic E-state index is 12.9. The summed E-state index contributed by atoms with van der Waals surface area (Å²) in [4.78, 5) is 25.5. The molecule has 0 bridgehead atoms. The summed E-state index contributed by atoms with van der Waals surface area (Å²) in [6, 6.07) is 7.51. The van der Waals surface area contributed by atoms with Gasteiger partial charge in [0.2, 0.25) is 0 Å². The lowest BCUT2D eigenvalue weighted by Crippen LogP contribution is -2.52. The molecule has 25 heavy (non-hydrogen) atoms. The van der Waals surface area contributed by atoms with Crippen LogP contribution in [0.1, 0.15) is 44.1 Å². The number of carbonyl (C=O) groups excluding carboxylic acids is 1. The molecule has 2 aromatic rings. The molecule has 1 aromatic heterocycles. The van der Waals surface area contributed by atoms with E-state index >= 15 is 0 Å². The molecule has 0 radical (unpaired) electrons. The van der Waals surface area contributed by atoms with Gasteiger partial charge in [-0.2, -0.15) is 5.10 Å². The third kappa shape index (κ3) is 3.74. The smallest absolute Gasteiger partial charge is 0.274 e. The van der Waals surface area contributed by atoms with Crippen LogP contribution in [-0.2, 0) is 6.54 Å². The van der Waals surface area contributed by atoms with E-state index in [0.29, 0.717) is 23.0 Å². The fourth-order valence-corrected chi connectivity index (χ4v) is 3.35. The van der Waals surface area contributed by atoms with Gasteiger partial charge in [0.1, 0.15) is 0 Å². The molecule has 2 N–H and O–H groups in total. The van der Waals surface area contributed by atoms with Crippen LogP contribution in [0.15, 0.2) is 29.1 Å². The van der Waals surface area contributed by atoms with Crippen LogP contribution in [0.2, 0.25) is 0 Å². The van der Waals surface area contributed by atoms with Crippen LogP contribution in [0, 0.1) is 5.92 Å². The van der Waals surface area contributed by atoms with Crippen molar-refractivity contribution < 1.29 is 4.79 Å². The Morgan fingerprint density at radius 2 is 2.08 bits per heavy atom. The zero-order chi connectivity index (χ0) is 18.0. The largest absolute Gasteiger partial charge is 0.346 e. The Morgan fingerprint density at radius 1 is 1.36 bits per heavy atom. The maximum absolute atomic E-state index is 12.9. The summed E-state index contributed by atoms with van der Waals surface area (Å²) < 4.78 is 1.42. The van der Waals surface area contributed by atoms with E-state index in [1.165, 1.54) is 4.68 Å². The quantitative estimate of drug-likeness (QED) is 0.890. The van der Waals surface area contributed by atoms with Gasteiger partial charge in [-0.3, -0.25) is 9.59 Å². The number of piperidine rings is 1. The highest BCUT2D eigenvalue weighted by molar-refractivity contribution is 6.04. The predicted octanol–water partition coefficient (Wildman–Crippen LogP) is 1.92. The minimum atomic E-state index is -0.214. The van der Waals surface area contributed by atoms with Gasteiger partial charge in [0.15, 0.2) is 5.69 Å². The van der Waals surface area contributed by atoms with E-state index < -0.39 is 0 Å². The molecule has 1 aliphatic heterocycles. The monoisotopic (exact) mass is 342 g/mol. The van der Waals surface area contributed by atoms with Crippen molar-refractivity contribution in [2.75, 3.05) is 6.54 Å². The fraction of sp³-hybridized carbons (Fsp3) is 0.526. The Bertz CT molecular complexity index is 828. The van der Waals surface area contributed by atoms with E-state index in [1.807, 2.05) is 26.0 Å². The molecule has 1 fully saturated rings. The molecule has 6 heteroatoms. The minimum Gasteiger partial charge on any atom is -0.346 e. The molecule has 1 aromatic carbocycles. The summed E-state index contributed by atoms with van der Waals surface area (Å²) in [5.74, 6) is 0.0547. The average Bonchev–Trinajstić information content (AvgIpc) is 2.59. The molecule has 0 saturated carbocycles. The van der Waals surface area contributed by atoms with Crippen LogP contribution in [-0.4, -0.2) is 34.3 Å². The van der Waals surface area contributed by atoms with Gasteiger partial charge in [-0.1, -0.05) is 32.0 Å². The van der Waals surface area contributed by atoms with Gasteiger partial charge in [0.05, 0.1) is 5.39 Å². The normalized spacial score (nSPS) is 20.8. The zero-order valence-corrected chi connectivity index (χ0v) is 15.1. The SMILES string of the molecule is CC(C)Cn1nc(C(=O)NC2CCCNC2C)c2ccccc2c1=O. The van der Waals surface area contributed by atoms with Crippen molar-refractivity contribution in [2.24, 2.45) is 5.92 Å². The first-order valence-electron chi connectivity index (χ1n) is 9.01. The molecule has 1 saturated heterocycles. The number of fused-ring (bicyclic) bond motifs is 1.